The van der Waals surface area contributed by atoms with E-state index in [2.05, 4.69) is 5.32 Å². The van der Waals surface area contributed by atoms with Crippen molar-refractivity contribution in [3.8, 4) is 0 Å². The fourth-order valence-corrected chi connectivity index (χ4v) is 2.30. The predicted molar refractivity (Wildman–Crippen MR) is 62.6 cm³/mol. The van der Waals surface area contributed by atoms with E-state index in [-0.39, 0.29) is 5.91 Å². The first-order valence-electron chi connectivity index (χ1n) is 6.44. The Hall–Kier alpha value is -1.10. The molecule has 1 heterocycles. The van der Waals surface area contributed by atoms with Crippen LogP contribution in [0, 0.1) is 0 Å². The number of piperidine rings is 1. The molecule has 17 heavy (non-hydrogen) atoms. The number of hydrogen-bond donors (Lipinski definition) is 2. The number of nitrogens with one attached hydrogen (secondary N) is 1. The summed E-state index contributed by atoms with van der Waals surface area (Å²) < 4.78 is 0. The van der Waals surface area contributed by atoms with Gasteiger partial charge >= 0.3 is 5.97 Å². The Morgan fingerprint density at radius 3 is 2.65 bits per heavy atom. The number of carboxylic acid groups (broad SMARTS) is 1. The lowest BCUT2D eigenvalue weighted by Gasteiger charge is -2.33. The highest BCUT2D eigenvalue weighted by Crippen LogP contribution is 2.20. The number of hydrogen-bond acceptors (Lipinski definition) is 3. The van der Waals surface area contributed by atoms with Gasteiger partial charge in [-0.05, 0) is 32.1 Å². The van der Waals surface area contributed by atoms with Gasteiger partial charge in [0.2, 0.25) is 5.91 Å². The molecule has 0 aromatic heterocycles. The van der Waals surface area contributed by atoms with Crippen LogP contribution in [-0.4, -0.2) is 47.1 Å². The lowest BCUT2D eigenvalue weighted by atomic mass is 10.0. The number of carboxylic acids is 1. The van der Waals surface area contributed by atoms with E-state index in [0.717, 1.165) is 12.8 Å². The summed E-state index contributed by atoms with van der Waals surface area (Å²) >= 11 is 0. The standard InChI is InChI=1S/C12H20N2O3/c15-11(6-7-13-9-4-5-9)14-8-2-1-3-10(14)12(16)17/h9-10,13H,1-8H2,(H,16,17)/t10-/m0/s1. The zero-order valence-electron chi connectivity index (χ0n) is 10.0. The normalized spacial score (nSPS) is 24.7. The maximum atomic E-state index is 11.9. The van der Waals surface area contributed by atoms with Crippen molar-refractivity contribution in [2.24, 2.45) is 0 Å². The highest BCUT2D eigenvalue weighted by Gasteiger charge is 2.31. The van der Waals surface area contributed by atoms with E-state index in [4.69, 9.17) is 5.11 Å². The zero-order chi connectivity index (χ0) is 12.3. The van der Waals surface area contributed by atoms with Crippen LogP contribution in [0.5, 0.6) is 0 Å². The second kappa shape index (κ2) is 5.49. The first-order valence-corrected chi connectivity index (χ1v) is 6.44. The van der Waals surface area contributed by atoms with E-state index < -0.39 is 12.0 Å². The van der Waals surface area contributed by atoms with E-state index in [0.29, 0.717) is 32.0 Å². The number of carbonyl (C=O) groups excluding carboxylic acids is 1. The molecule has 2 aliphatic rings. The van der Waals surface area contributed by atoms with Crippen LogP contribution in [0.25, 0.3) is 0 Å². The molecule has 0 radical (unpaired) electrons. The maximum absolute atomic E-state index is 11.9. The van der Waals surface area contributed by atoms with Crippen molar-refractivity contribution in [3.05, 3.63) is 0 Å². The van der Waals surface area contributed by atoms with E-state index in [1.165, 1.54) is 12.8 Å². The molecule has 0 bridgehead atoms. The highest BCUT2D eigenvalue weighted by atomic mass is 16.4. The van der Waals surface area contributed by atoms with Gasteiger partial charge in [-0.1, -0.05) is 0 Å². The Morgan fingerprint density at radius 2 is 2.00 bits per heavy atom. The third kappa shape index (κ3) is 3.43. The van der Waals surface area contributed by atoms with Crippen LogP contribution in [0.2, 0.25) is 0 Å². The lowest BCUT2D eigenvalue weighted by molar-refractivity contribution is -0.152. The molecular formula is C12H20N2O3. The SMILES string of the molecule is O=C(O)[C@@H]1CCCCN1C(=O)CCNC1CC1. The topological polar surface area (TPSA) is 69.6 Å². The number of rotatable bonds is 5. The number of aliphatic carboxylic acids is 1. The van der Waals surface area contributed by atoms with E-state index in [1.807, 2.05) is 0 Å². The summed E-state index contributed by atoms with van der Waals surface area (Å²) in [4.78, 5) is 24.5. The molecule has 5 heteroatoms. The van der Waals surface area contributed by atoms with Crippen molar-refractivity contribution in [1.82, 2.24) is 10.2 Å². The average Bonchev–Trinajstić information content (AvgIpc) is 3.13. The van der Waals surface area contributed by atoms with Gasteiger partial charge in [0.1, 0.15) is 6.04 Å². The molecule has 1 amide bonds. The van der Waals surface area contributed by atoms with E-state index in [1.54, 1.807) is 4.90 Å². The Kier molecular flexibility index (Phi) is 3.99. The van der Waals surface area contributed by atoms with Crippen molar-refractivity contribution >= 4 is 11.9 Å². The quantitative estimate of drug-likeness (QED) is 0.738. The van der Waals surface area contributed by atoms with Crippen LogP contribution in [0.15, 0.2) is 0 Å². The van der Waals surface area contributed by atoms with Gasteiger partial charge in [0.25, 0.3) is 0 Å². The van der Waals surface area contributed by atoms with Gasteiger partial charge in [-0.2, -0.15) is 0 Å². The Morgan fingerprint density at radius 1 is 1.24 bits per heavy atom. The molecule has 1 atom stereocenters. The summed E-state index contributed by atoms with van der Waals surface area (Å²) in [5.74, 6) is -0.890. The molecule has 1 saturated carbocycles. The summed E-state index contributed by atoms with van der Waals surface area (Å²) in [5.41, 5.74) is 0. The minimum Gasteiger partial charge on any atom is -0.480 e. The number of carbonyl (C=O) groups is 2. The molecule has 0 spiro atoms. The molecule has 1 aliphatic carbocycles. The van der Waals surface area contributed by atoms with Crippen molar-refractivity contribution in [2.75, 3.05) is 13.1 Å². The summed E-state index contributed by atoms with van der Waals surface area (Å²) in [6.45, 7) is 1.27. The van der Waals surface area contributed by atoms with Crippen LogP contribution in [0.3, 0.4) is 0 Å². The molecule has 96 valence electrons. The van der Waals surface area contributed by atoms with Crippen LogP contribution in [-0.2, 0) is 9.59 Å². The van der Waals surface area contributed by atoms with Gasteiger partial charge in [0.15, 0.2) is 0 Å². The van der Waals surface area contributed by atoms with Crippen molar-refractivity contribution in [3.63, 3.8) is 0 Å². The molecule has 1 saturated heterocycles. The minimum absolute atomic E-state index is 0.0229. The van der Waals surface area contributed by atoms with Gasteiger partial charge in [0, 0.05) is 25.6 Å². The Bertz CT molecular complexity index is 302. The number of amides is 1. The zero-order valence-corrected chi connectivity index (χ0v) is 10.0. The van der Waals surface area contributed by atoms with Gasteiger partial charge in [-0.3, -0.25) is 4.79 Å². The molecule has 2 rings (SSSR count). The predicted octanol–water partition coefficient (Wildman–Crippen LogP) is 0.594. The highest BCUT2D eigenvalue weighted by molar-refractivity contribution is 5.83. The Balaban J connectivity index is 1.79. The third-order valence-electron chi connectivity index (χ3n) is 3.46. The summed E-state index contributed by atoms with van der Waals surface area (Å²) in [6.07, 6.45) is 5.25. The average molecular weight is 240 g/mol. The number of nitrogens with zero attached hydrogens (tertiary/aromatic N) is 1. The van der Waals surface area contributed by atoms with Crippen molar-refractivity contribution in [1.29, 1.82) is 0 Å². The maximum Gasteiger partial charge on any atom is 0.326 e. The second-order valence-electron chi connectivity index (χ2n) is 4.92. The van der Waals surface area contributed by atoms with Crippen LogP contribution in [0.1, 0.15) is 38.5 Å². The summed E-state index contributed by atoms with van der Waals surface area (Å²) in [5, 5.41) is 12.3. The smallest absolute Gasteiger partial charge is 0.326 e. The van der Waals surface area contributed by atoms with E-state index in [9.17, 15) is 9.59 Å². The Labute approximate surface area is 101 Å². The van der Waals surface area contributed by atoms with Crippen molar-refractivity contribution in [2.45, 2.75) is 50.6 Å². The molecule has 0 aromatic carbocycles. The fraction of sp³-hybridized carbons (Fsp3) is 0.833. The van der Waals surface area contributed by atoms with E-state index >= 15 is 0 Å². The molecule has 0 aromatic rings. The third-order valence-corrected chi connectivity index (χ3v) is 3.46. The summed E-state index contributed by atoms with van der Waals surface area (Å²) in [6, 6.07) is -0.00315. The molecule has 0 unspecified atom stereocenters. The van der Waals surface area contributed by atoms with Crippen molar-refractivity contribution < 1.29 is 14.7 Å². The van der Waals surface area contributed by atoms with Gasteiger partial charge in [-0.15, -0.1) is 0 Å². The lowest BCUT2D eigenvalue weighted by Crippen LogP contribution is -2.48. The number of likely N-dealkylation sites (tertiary alicyclic amines) is 1. The minimum atomic E-state index is -0.867. The largest absolute Gasteiger partial charge is 0.480 e. The first-order chi connectivity index (χ1) is 8.18. The fourth-order valence-electron chi connectivity index (χ4n) is 2.30. The first kappa shape index (κ1) is 12.4. The van der Waals surface area contributed by atoms with Gasteiger partial charge in [-0.25, -0.2) is 4.79 Å². The van der Waals surface area contributed by atoms with Crippen LogP contribution >= 0.6 is 0 Å². The van der Waals surface area contributed by atoms with Gasteiger partial charge in [0.05, 0.1) is 0 Å². The van der Waals surface area contributed by atoms with Crippen LogP contribution < -0.4 is 5.32 Å². The second-order valence-corrected chi connectivity index (χ2v) is 4.92. The monoisotopic (exact) mass is 240 g/mol. The van der Waals surface area contributed by atoms with Gasteiger partial charge < -0.3 is 15.3 Å². The molecule has 2 N–H and O–H groups in total. The van der Waals surface area contributed by atoms with Crippen LogP contribution in [0.4, 0.5) is 0 Å². The molecule has 1 aliphatic heterocycles. The molecule has 5 nitrogen and oxygen atoms in total. The summed E-state index contributed by atoms with van der Waals surface area (Å²) in [7, 11) is 0. The molecule has 2 fully saturated rings. The molecular weight excluding hydrogens is 220 g/mol.